The molecule has 29 heteroatoms. The Morgan fingerprint density at radius 3 is 1.27 bits per heavy atom. The van der Waals surface area contributed by atoms with Gasteiger partial charge in [-0.1, -0.05) is 25.6 Å². The summed E-state index contributed by atoms with van der Waals surface area (Å²) in [6.45, 7) is 7.59. The summed E-state index contributed by atoms with van der Waals surface area (Å²) >= 11 is 5.90. The van der Waals surface area contributed by atoms with Gasteiger partial charge in [-0.05, 0) is 180 Å². The highest BCUT2D eigenvalue weighted by molar-refractivity contribution is 9.10. The first-order chi connectivity index (χ1) is 42.9. The van der Waals surface area contributed by atoms with Crippen LogP contribution in [0.3, 0.4) is 0 Å². The minimum Gasteiger partial charge on any atom is -0.384 e. The number of ether oxygens (including phenoxy) is 1. The monoisotopic (exact) mass is 1440 g/mol. The van der Waals surface area contributed by atoms with Crippen molar-refractivity contribution >= 4 is 127 Å². The van der Waals surface area contributed by atoms with E-state index in [4.69, 9.17) is 21.2 Å². The van der Waals surface area contributed by atoms with Crippen molar-refractivity contribution in [3.05, 3.63) is 226 Å². The van der Waals surface area contributed by atoms with Crippen molar-refractivity contribution in [3.8, 4) is 17.1 Å². The summed E-state index contributed by atoms with van der Waals surface area (Å²) in [5.74, 6) is -0.772. The average Bonchev–Trinajstić information content (AvgIpc) is 1.78. The Kier molecular flexibility index (Phi) is 20.6. The predicted molar refractivity (Wildman–Crippen MR) is 354 cm³/mol. The van der Waals surface area contributed by atoms with Crippen molar-refractivity contribution in [2.24, 2.45) is 0 Å². The Morgan fingerprint density at radius 2 is 0.868 bits per heavy atom. The molecule has 91 heavy (non-hydrogen) atoms. The van der Waals surface area contributed by atoms with E-state index in [0.717, 1.165) is 62.3 Å². The fourth-order valence-corrected chi connectivity index (χ4v) is 12.8. The van der Waals surface area contributed by atoms with Crippen LogP contribution in [0.1, 0.15) is 24.5 Å². The van der Waals surface area contributed by atoms with E-state index >= 15 is 0 Å². The van der Waals surface area contributed by atoms with E-state index in [1.54, 1.807) is 55.3 Å². The highest BCUT2D eigenvalue weighted by Gasteiger charge is 2.24. The molecule has 0 bridgehead atoms. The van der Waals surface area contributed by atoms with Crippen LogP contribution in [0, 0.1) is 38.2 Å². The highest BCUT2D eigenvalue weighted by Crippen LogP contribution is 2.31. The van der Waals surface area contributed by atoms with Gasteiger partial charge in [0.2, 0.25) is 0 Å². The van der Waals surface area contributed by atoms with Crippen LogP contribution in [-0.2, 0) is 33.8 Å². The number of benzene rings is 6. The average molecular weight is 1440 g/mol. The van der Waals surface area contributed by atoms with Gasteiger partial charge in [0.05, 0.1) is 93.2 Å². The van der Waals surface area contributed by atoms with E-state index < -0.39 is 46.5 Å². The second-order valence-corrected chi connectivity index (χ2v) is 27.5. The van der Waals surface area contributed by atoms with Crippen LogP contribution in [0.5, 0.6) is 0 Å². The maximum Gasteiger partial charge on any atom is 0.263 e. The molecule has 0 radical (unpaired) electrons. The summed E-state index contributed by atoms with van der Waals surface area (Å²) in [5, 5.41) is 16.0. The lowest BCUT2D eigenvalue weighted by Gasteiger charge is -2.29. The molecule has 6 aromatic heterocycles. The van der Waals surface area contributed by atoms with Crippen LogP contribution < -0.4 is 20.1 Å². The summed E-state index contributed by atoms with van der Waals surface area (Å²) in [4.78, 5) is 14.2. The van der Waals surface area contributed by atoms with Crippen LogP contribution in [0.4, 0.5) is 36.3 Å². The van der Waals surface area contributed by atoms with Crippen molar-refractivity contribution in [3.63, 3.8) is 0 Å². The second kappa shape index (κ2) is 28.2. The first-order valence-electron chi connectivity index (χ1n) is 26.9. The number of halogens is 6. The van der Waals surface area contributed by atoms with Gasteiger partial charge in [-0.3, -0.25) is 24.4 Å². The van der Waals surface area contributed by atoms with Gasteiger partial charge in [-0.15, -0.1) is 0 Å². The molecule has 0 spiro atoms. The zero-order valence-corrected chi connectivity index (χ0v) is 53.9. The first-order valence-corrected chi connectivity index (χ1v) is 33.8. The molecule has 1 fully saturated rings. The standard InChI is InChI=1S/C23H22FN5O3S.C19H14BrFN4O2S.C13H12N4.C6H3BrClFO2S.CH4/c1-16-14-23(29(26-16)21-6-2-5-20-18(21)4-3-9-25-20)27-33(30,31)17-7-8-22(19(24)15-17)28-10-12-32-13-11-28;1-12-10-19(24-28(26,27)13-7-8-15(20)16(21)11-13)25(23-12)18-6-2-5-17-14(18)4-3-9-22-17;1-9-8-13(14)17(16-9)12-6-2-5-11-10(12)4-3-7-15-11;7-5-2-1-4(3-6(5)9)12(8,10)11;/h2-9,14-15,27H,10-13H2,1H3;2-11,24H,1H3;2-8H,14H2,1H3;1-3H;1H4. The Balaban J connectivity index is 0.000000152. The van der Waals surface area contributed by atoms with Gasteiger partial charge in [0.25, 0.3) is 29.1 Å². The fraction of sp³-hybridized carbons (Fsp3) is 0.129. The number of nitrogens with two attached hydrogens (primary N) is 1. The molecule has 1 aliphatic heterocycles. The van der Waals surface area contributed by atoms with E-state index in [1.807, 2.05) is 103 Å². The number of hydrogen-bond donors (Lipinski definition) is 3. The largest absolute Gasteiger partial charge is 0.384 e. The summed E-state index contributed by atoms with van der Waals surface area (Å²) in [7, 11) is -6.93. The lowest BCUT2D eigenvalue weighted by Crippen LogP contribution is -2.36. The molecular weight excluding hydrogens is 1390 g/mol. The number of aromatic nitrogens is 9. The lowest BCUT2D eigenvalue weighted by atomic mass is 10.2. The number of nitrogens with zero attached hydrogens (tertiary/aromatic N) is 10. The Hall–Kier alpha value is -8.77. The molecule has 0 unspecified atom stereocenters. The number of sulfonamides is 2. The Labute approximate surface area is 543 Å². The molecule has 0 aliphatic carbocycles. The molecule has 4 N–H and O–H groups in total. The minimum atomic E-state index is -4.06. The third-order valence-corrected chi connectivity index (χ3v) is 18.9. The first kappa shape index (κ1) is 66.6. The molecule has 0 amide bonds. The van der Waals surface area contributed by atoms with E-state index in [0.29, 0.717) is 60.6 Å². The summed E-state index contributed by atoms with van der Waals surface area (Å²) in [6.07, 6.45) is 5.16. The van der Waals surface area contributed by atoms with Crippen molar-refractivity contribution < 1.29 is 43.2 Å². The van der Waals surface area contributed by atoms with Crippen LogP contribution in [0.15, 0.2) is 206 Å². The SMILES string of the molecule is C.Cc1cc(N)n(-c2cccc3ncccc23)n1.Cc1cc(NS(=O)(=O)c2ccc(Br)c(F)c2)n(-c2cccc3ncccc23)n1.Cc1cc(NS(=O)(=O)c2ccc(N3CCOCC3)c(F)c2)n(-c2cccc3ncccc23)n1.O=S(=O)(Cl)c1ccc(Br)c(F)c1. The van der Waals surface area contributed by atoms with Crippen LogP contribution in [0.25, 0.3) is 49.8 Å². The van der Waals surface area contributed by atoms with Crippen molar-refractivity contribution in [2.45, 2.75) is 42.9 Å². The molecule has 12 aromatic rings. The van der Waals surface area contributed by atoms with E-state index in [1.165, 1.54) is 45.8 Å². The third-order valence-electron chi connectivity index (χ3n) is 13.5. The van der Waals surface area contributed by atoms with Crippen molar-refractivity contribution in [1.82, 2.24) is 44.3 Å². The third kappa shape index (κ3) is 15.5. The fourth-order valence-electron chi connectivity index (χ4n) is 9.42. The number of aryl methyl sites for hydroxylation is 3. The van der Waals surface area contributed by atoms with Gasteiger partial charge in [0.15, 0.2) is 0 Å². The van der Waals surface area contributed by atoms with Gasteiger partial charge < -0.3 is 15.4 Å². The van der Waals surface area contributed by atoms with Gasteiger partial charge in [0, 0.05) is 76.7 Å². The number of nitrogens with one attached hydrogen (secondary N) is 2. The molecule has 0 atom stereocenters. The number of fused-ring (bicyclic) bond motifs is 3. The number of anilines is 4. The summed E-state index contributed by atoms with van der Waals surface area (Å²) in [6, 6.07) is 44.4. The maximum absolute atomic E-state index is 14.8. The number of rotatable bonds is 11. The van der Waals surface area contributed by atoms with Crippen LogP contribution in [0.2, 0.25) is 0 Å². The topological polar surface area (TPSA) is 257 Å². The molecule has 6 aromatic carbocycles. The van der Waals surface area contributed by atoms with E-state index in [9.17, 15) is 38.4 Å². The van der Waals surface area contributed by atoms with E-state index in [-0.39, 0.29) is 42.7 Å². The van der Waals surface area contributed by atoms with Crippen LogP contribution in [-0.4, -0.2) is 95.9 Å². The molecule has 20 nitrogen and oxygen atoms in total. The number of hydrogen-bond acceptors (Lipinski definition) is 15. The highest BCUT2D eigenvalue weighted by atomic mass is 79.9. The number of nitrogen functional groups attached to an aromatic ring is 1. The predicted octanol–water partition coefficient (Wildman–Crippen LogP) is 13.4. The number of pyridine rings is 3. The second-order valence-electron chi connectivity index (χ2n) is 19.8. The van der Waals surface area contributed by atoms with Gasteiger partial charge in [0.1, 0.15) is 34.9 Å². The van der Waals surface area contributed by atoms with Gasteiger partial charge in [-0.25, -0.2) is 52.5 Å². The summed E-state index contributed by atoms with van der Waals surface area (Å²) in [5.41, 5.74) is 13.2. The maximum atomic E-state index is 14.8. The quantitative estimate of drug-likeness (QED) is 0.102. The molecule has 1 aliphatic rings. The van der Waals surface area contributed by atoms with Gasteiger partial charge >= 0.3 is 0 Å². The van der Waals surface area contributed by atoms with E-state index in [2.05, 4.69) is 71.6 Å². The molecule has 470 valence electrons. The molecule has 7 heterocycles. The smallest absolute Gasteiger partial charge is 0.263 e. The minimum absolute atomic E-state index is 0. The molecule has 13 rings (SSSR count). The van der Waals surface area contributed by atoms with Crippen LogP contribution >= 0.6 is 42.5 Å². The van der Waals surface area contributed by atoms with Crippen molar-refractivity contribution in [1.29, 1.82) is 0 Å². The van der Waals surface area contributed by atoms with Gasteiger partial charge in [-0.2, -0.15) is 15.3 Å². The van der Waals surface area contributed by atoms with Crippen molar-refractivity contribution in [2.75, 3.05) is 46.4 Å². The molecule has 0 saturated carbocycles. The summed E-state index contributed by atoms with van der Waals surface area (Å²) < 4.78 is 130. The lowest BCUT2D eigenvalue weighted by molar-refractivity contribution is 0.122. The number of morpholine rings is 1. The normalized spacial score (nSPS) is 12.4. The zero-order valence-electron chi connectivity index (χ0n) is 47.5. The molecule has 1 saturated heterocycles. The Morgan fingerprint density at radius 1 is 0.484 bits per heavy atom. The Bertz CT molecular complexity index is 5010. The molecular formula is C62H55Br2ClF3N13O7S3. The zero-order chi connectivity index (χ0) is 64.1.